The lowest BCUT2D eigenvalue weighted by Gasteiger charge is -2.37. The number of amides is 1. The van der Waals surface area contributed by atoms with Crippen molar-refractivity contribution in [2.45, 2.75) is 38.1 Å². The molecular weight excluding hydrogens is 275 g/mol. The fourth-order valence-corrected chi connectivity index (χ4v) is 3.66. The third kappa shape index (κ3) is 2.50. The van der Waals surface area contributed by atoms with E-state index < -0.39 is 16.4 Å². The second-order valence-corrected chi connectivity index (χ2v) is 5.82. The second-order valence-electron chi connectivity index (χ2n) is 5.82. The van der Waals surface area contributed by atoms with Crippen molar-refractivity contribution < 1.29 is 14.1 Å². The van der Waals surface area contributed by atoms with Crippen LogP contribution in [0.3, 0.4) is 0 Å². The number of likely N-dealkylation sites (tertiary alicyclic amines) is 1. The van der Waals surface area contributed by atoms with E-state index in [0.29, 0.717) is 12.5 Å². The highest BCUT2D eigenvalue weighted by Crippen LogP contribution is 2.37. The summed E-state index contributed by atoms with van der Waals surface area (Å²) in [6.45, 7) is 0.693. The Kier molecular flexibility index (Phi) is 3.61. The molecule has 0 aromatic heterocycles. The van der Waals surface area contributed by atoms with E-state index in [4.69, 9.17) is 0 Å². The molecule has 1 heterocycles. The van der Waals surface area contributed by atoms with Gasteiger partial charge in [0.05, 0.1) is 4.92 Å². The lowest BCUT2D eigenvalue weighted by molar-refractivity contribution is -0.387. The van der Waals surface area contributed by atoms with E-state index >= 15 is 0 Å². The molecule has 3 rings (SSSR count). The summed E-state index contributed by atoms with van der Waals surface area (Å²) in [5, 5.41) is 10.6. The minimum absolute atomic E-state index is 0.200. The Morgan fingerprint density at radius 1 is 1.29 bits per heavy atom. The molecule has 112 valence electrons. The first-order valence-electron chi connectivity index (χ1n) is 7.33. The number of benzene rings is 1. The van der Waals surface area contributed by atoms with E-state index in [9.17, 15) is 19.3 Å². The molecule has 2 atom stereocenters. The smallest absolute Gasteiger partial charge is 0.304 e. The number of hydrogen-bond acceptors (Lipinski definition) is 3. The fourth-order valence-electron chi connectivity index (χ4n) is 3.66. The number of hydrogen-bond donors (Lipinski definition) is 0. The van der Waals surface area contributed by atoms with Crippen LogP contribution in [0.1, 0.15) is 42.5 Å². The zero-order valence-corrected chi connectivity index (χ0v) is 11.6. The lowest BCUT2D eigenvalue weighted by Crippen LogP contribution is -2.46. The van der Waals surface area contributed by atoms with Crippen molar-refractivity contribution in [2.24, 2.45) is 5.92 Å². The van der Waals surface area contributed by atoms with Gasteiger partial charge in [0.2, 0.25) is 5.82 Å². The van der Waals surface area contributed by atoms with Gasteiger partial charge in [-0.15, -0.1) is 0 Å². The van der Waals surface area contributed by atoms with E-state index in [1.807, 2.05) is 4.90 Å². The Hall–Kier alpha value is -1.98. The molecule has 1 amide bonds. The van der Waals surface area contributed by atoms with E-state index in [1.165, 1.54) is 6.07 Å². The molecule has 2 unspecified atom stereocenters. The molecule has 1 aromatic carbocycles. The van der Waals surface area contributed by atoms with Gasteiger partial charge in [0, 0.05) is 24.2 Å². The van der Waals surface area contributed by atoms with Crippen molar-refractivity contribution >= 4 is 11.6 Å². The largest absolute Gasteiger partial charge is 0.335 e. The van der Waals surface area contributed by atoms with Gasteiger partial charge in [-0.3, -0.25) is 14.9 Å². The van der Waals surface area contributed by atoms with E-state index in [1.54, 1.807) is 0 Å². The number of fused-ring (bicyclic) bond motifs is 1. The van der Waals surface area contributed by atoms with Crippen molar-refractivity contribution in [2.75, 3.05) is 6.54 Å². The van der Waals surface area contributed by atoms with Crippen molar-refractivity contribution in [3.63, 3.8) is 0 Å². The molecule has 1 saturated carbocycles. The molecule has 0 radical (unpaired) electrons. The van der Waals surface area contributed by atoms with Crippen molar-refractivity contribution in [3.05, 3.63) is 39.7 Å². The van der Waals surface area contributed by atoms with Gasteiger partial charge in [0.15, 0.2) is 0 Å². The number of nitrogens with zero attached hydrogens (tertiary/aromatic N) is 2. The zero-order chi connectivity index (χ0) is 15.0. The Labute approximate surface area is 121 Å². The molecule has 1 aromatic rings. The predicted molar refractivity (Wildman–Crippen MR) is 74.5 cm³/mol. The summed E-state index contributed by atoms with van der Waals surface area (Å²) in [6.07, 6.45) is 5.42. The maximum Gasteiger partial charge on any atom is 0.304 e. The quantitative estimate of drug-likeness (QED) is 0.621. The molecule has 0 bridgehead atoms. The maximum absolute atomic E-state index is 13.7. The van der Waals surface area contributed by atoms with Crippen LogP contribution >= 0.6 is 0 Å². The van der Waals surface area contributed by atoms with Gasteiger partial charge < -0.3 is 4.90 Å². The van der Waals surface area contributed by atoms with E-state index in [2.05, 4.69) is 0 Å². The Morgan fingerprint density at radius 3 is 2.76 bits per heavy atom. The first kappa shape index (κ1) is 14.0. The highest BCUT2D eigenvalue weighted by Gasteiger charge is 2.37. The van der Waals surface area contributed by atoms with Gasteiger partial charge in [-0.25, -0.2) is 0 Å². The number of nitro groups is 1. The molecule has 21 heavy (non-hydrogen) atoms. The average molecular weight is 292 g/mol. The summed E-state index contributed by atoms with van der Waals surface area (Å²) < 4.78 is 13.7. The number of rotatable bonds is 2. The minimum Gasteiger partial charge on any atom is -0.335 e. The minimum atomic E-state index is -0.953. The molecule has 1 saturated heterocycles. The second kappa shape index (κ2) is 5.42. The number of piperidine rings is 1. The third-order valence-corrected chi connectivity index (χ3v) is 4.65. The first-order chi connectivity index (χ1) is 10.1. The number of halogens is 1. The topological polar surface area (TPSA) is 63.4 Å². The Bertz CT molecular complexity index is 590. The number of carbonyl (C=O) groups excluding carboxylic acids is 1. The van der Waals surface area contributed by atoms with Crippen LogP contribution in [0.25, 0.3) is 0 Å². The normalized spacial score (nSPS) is 24.7. The highest BCUT2D eigenvalue weighted by molar-refractivity contribution is 5.94. The molecule has 2 fully saturated rings. The van der Waals surface area contributed by atoms with Gasteiger partial charge in [0.25, 0.3) is 5.91 Å². The maximum atomic E-state index is 13.7. The van der Waals surface area contributed by atoms with E-state index in [0.717, 1.165) is 44.2 Å². The summed E-state index contributed by atoms with van der Waals surface area (Å²) in [7, 11) is 0. The van der Waals surface area contributed by atoms with Gasteiger partial charge in [-0.1, -0.05) is 6.42 Å². The van der Waals surface area contributed by atoms with Crippen LogP contribution in [0, 0.1) is 21.8 Å². The standard InChI is InChI=1S/C15H17FN2O3/c16-12-9-11(6-7-14(12)18(20)21)15(19)17-8-2-4-10-3-1-5-13(10)17/h6-7,9-10,13H,1-5,8H2. The lowest BCUT2D eigenvalue weighted by atomic mass is 9.91. The Morgan fingerprint density at radius 2 is 2.05 bits per heavy atom. The molecule has 1 aliphatic carbocycles. The summed E-state index contributed by atoms with van der Waals surface area (Å²) in [6, 6.07) is 3.66. The van der Waals surface area contributed by atoms with Gasteiger partial charge >= 0.3 is 5.69 Å². The van der Waals surface area contributed by atoms with Crippen LogP contribution in [0.15, 0.2) is 18.2 Å². The molecule has 0 N–H and O–H groups in total. The summed E-state index contributed by atoms with van der Waals surface area (Å²) in [5.41, 5.74) is -0.394. The van der Waals surface area contributed by atoms with Crippen molar-refractivity contribution in [3.8, 4) is 0 Å². The van der Waals surface area contributed by atoms with Crippen molar-refractivity contribution in [1.29, 1.82) is 0 Å². The van der Waals surface area contributed by atoms with E-state index in [-0.39, 0.29) is 17.5 Å². The molecular formula is C15H17FN2O3. The molecule has 0 spiro atoms. The highest BCUT2D eigenvalue weighted by atomic mass is 19.1. The number of carbonyl (C=O) groups is 1. The average Bonchev–Trinajstić information content (AvgIpc) is 2.94. The molecule has 1 aliphatic heterocycles. The van der Waals surface area contributed by atoms with Crippen LogP contribution in [0.2, 0.25) is 0 Å². The third-order valence-electron chi connectivity index (χ3n) is 4.65. The summed E-state index contributed by atoms with van der Waals surface area (Å²) in [4.78, 5) is 24.2. The van der Waals surface area contributed by atoms with Gasteiger partial charge in [-0.05, 0) is 43.7 Å². The molecule has 6 heteroatoms. The van der Waals surface area contributed by atoms with Gasteiger partial charge in [0.1, 0.15) is 0 Å². The summed E-state index contributed by atoms with van der Waals surface area (Å²) in [5.74, 6) is -0.600. The molecule has 5 nitrogen and oxygen atoms in total. The van der Waals surface area contributed by atoms with Gasteiger partial charge in [-0.2, -0.15) is 4.39 Å². The van der Waals surface area contributed by atoms with Crippen LogP contribution in [-0.2, 0) is 0 Å². The molecule has 2 aliphatic rings. The Balaban J connectivity index is 1.84. The SMILES string of the molecule is O=C(c1ccc([N+](=O)[O-])c(F)c1)N1CCCC2CCCC21. The van der Waals surface area contributed by atoms with Crippen molar-refractivity contribution in [1.82, 2.24) is 4.90 Å². The van der Waals surface area contributed by atoms with Crippen LogP contribution in [-0.4, -0.2) is 28.3 Å². The zero-order valence-electron chi connectivity index (χ0n) is 11.6. The fraction of sp³-hybridized carbons (Fsp3) is 0.533. The van der Waals surface area contributed by atoms with Crippen LogP contribution in [0.5, 0.6) is 0 Å². The first-order valence-corrected chi connectivity index (χ1v) is 7.33. The van der Waals surface area contributed by atoms with Crippen LogP contribution in [0.4, 0.5) is 10.1 Å². The summed E-state index contributed by atoms with van der Waals surface area (Å²) >= 11 is 0. The predicted octanol–water partition coefficient (Wildman–Crippen LogP) is 3.14. The van der Waals surface area contributed by atoms with Crippen LogP contribution < -0.4 is 0 Å². The number of nitro benzene ring substituents is 1. The monoisotopic (exact) mass is 292 g/mol.